The second kappa shape index (κ2) is 9.07. The molecule has 0 aliphatic carbocycles. The summed E-state index contributed by atoms with van der Waals surface area (Å²) in [6.07, 6.45) is 3.35. The predicted molar refractivity (Wildman–Crippen MR) is 87.9 cm³/mol. The number of thioether (sulfide) groups is 1. The van der Waals surface area contributed by atoms with E-state index in [9.17, 15) is 5.11 Å². The number of rotatable bonds is 7. The third-order valence-corrected chi connectivity index (χ3v) is 4.01. The normalized spacial score (nSPS) is 11.0. The lowest BCUT2D eigenvalue weighted by Gasteiger charge is -2.20. The number of hydrogen-bond donors (Lipinski definition) is 2. The molecule has 2 nitrogen and oxygen atoms in total. The number of benzene rings is 1. The molecule has 1 aromatic carbocycles. The van der Waals surface area contributed by atoms with E-state index in [-0.39, 0.29) is 0 Å². The lowest BCUT2D eigenvalue weighted by molar-refractivity contribution is 0.0807. The Morgan fingerprint density at radius 2 is 1.95 bits per heavy atom. The number of nitrogens with two attached hydrogens (primary N) is 1. The second-order valence-electron chi connectivity index (χ2n) is 4.95. The zero-order valence-corrected chi connectivity index (χ0v) is 13.3. The van der Waals surface area contributed by atoms with Crippen LogP contribution in [0.2, 0.25) is 0 Å². The molecule has 0 saturated carbocycles. The van der Waals surface area contributed by atoms with Gasteiger partial charge in [-0.1, -0.05) is 44.6 Å². The molecule has 0 radical (unpaired) electrons. The third-order valence-electron chi connectivity index (χ3n) is 2.99. The Hall–Kier alpha value is -0.950. The van der Waals surface area contributed by atoms with E-state index in [0.717, 1.165) is 37.0 Å². The zero-order chi connectivity index (χ0) is 14.8. The summed E-state index contributed by atoms with van der Waals surface area (Å²) < 4.78 is 0. The van der Waals surface area contributed by atoms with Crippen molar-refractivity contribution in [1.82, 2.24) is 0 Å². The van der Waals surface area contributed by atoms with Gasteiger partial charge in [0.2, 0.25) is 0 Å². The zero-order valence-electron chi connectivity index (χ0n) is 12.5. The van der Waals surface area contributed by atoms with Crippen LogP contribution in [0.3, 0.4) is 0 Å². The van der Waals surface area contributed by atoms with Gasteiger partial charge in [0.25, 0.3) is 0 Å². The summed E-state index contributed by atoms with van der Waals surface area (Å²) in [5.74, 6) is 7.11. The van der Waals surface area contributed by atoms with Gasteiger partial charge < -0.3 is 10.8 Å². The first kappa shape index (κ1) is 17.1. The molecule has 1 rings (SSSR count). The van der Waals surface area contributed by atoms with Gasteiger partial charge in [0, 0.05) is 22.8 Å². The maximum Gasteiger partial charge on any atom is 0.125 e. The van der Waals surface area contributed by atoms with E-state index in [4.69, 9.17) is 5.73 Å². The van der Waals surface area contributed by atoms with Crippen LogP contribution < -0.4 is 5.73 Å². The highest BCUT2D eigenvalue weighted by Crippen LogP contribution is 2.20. The van der Waals surface area contributed by atoms with Crippen LogP contribution in [0.25, 0.3) is 0 Å². The van der Waals surface area contributed by atoms with Crippen LogP contribution in [-0.4, -0.2) is 23.0 Å². The Kier molecular flexibility index (Phi) is 7.76. The molecule has 0 saturated heterocycles. The van der Waals surface area contributed by atoms with Gasteiger partial charge in [-0.2, -0.15) is 0 Å². The minimum Gasteiger partial charge on any atom is -0.378 e. The molecule has 3 N–H and O–H groups in total. The average molecular weight is 291 g/mol. The van der Waals surface area contributed by atoms with Gasteiger partial charge in [-0.15, -0.1) is 11.8 Å². The van der Waals surface area contributed by atoms with Crippen molar-refractivity contribution in [1.29, 1.82) is 0 Å². The van der Waals surface area contributed by atoms with Crippen molar-refractivity contribution in [2.75, 3.05) is 12.3 Å². The molecule has 0 atom stereocenters. The SMILES string of the molecule is CCCC(O)(C#Cc1cccc(SCCN)c1)CCC. The van der Waals surface area contributed by atoms with Crippen molar-refractivity contribution in [2.45, 2.75) is 50.0 Å². The molecular weight excluding hydrogens is 266 g/mol. The van der Waals surface area contributed by atoms with Crippen LogP contribution >= 0.6 is 11.8 Å². The van der Waals surface area contributed by atoms with E-state index in [1.807, 2.05) is 12.1 Å². The molecule has 0 fully saturated rings. The fraction of sp³-hybridized carbons (Fsp3) is 0.529. The minimum atomic E-state index is -0.843. The summed E-state index contributed by atoms with van der Waals surface area (Å²) in [6, 6.07) is 8.11. The molecule has 0 unspecified atom stereocenters. The quantitative estimate of drug-likeness (QED) is 0.598. The third kappa shape index (κ3) is 6.00. The first-order valence-corrected chi connectivity index (χ1v) is 8.30. The van der Waals surface area contributed by atoms with Crippen LogP contribution in [0.1, 0.15) is 45.1 Å². The summed E-state index contributed by atoms with van der Waals surface area (Å²) >= 11 is 1.73. The average Bonchev–Trinajstić information content (AvgIpc) is 2.44. The standard InChI is InChI=1S/C17H25NOS/c1-3-9-17(19,10-4-2)11-8-15-6-5-7-16(14-15)20-13-12-18/h5-7,14,19H,3-4,9-10,12-13,18H2,1-2H3. The van der Waals surface area contributed by atoms with Gasteiger partial charge in [0.05, 0.1) is 0 Å². The van der Waals surface area contributed by atoms with E-state index in [2.05, 4.69) is 37.8 Å². The van der Waals surface area contributed by atoms with Crippen molar-refractivity contribution < 1.29 is 5.11 Å². The summed E-state index contributed by atoms with van der Waals surface area (Å²) in [6.45, 7) is 4.83. The lowest BCUT2D eigenvalue weighted by Crippen LogP contribution is -2.25. The molecule has 0 aliphatic heterocycles. The highest BCUT2D eigenvalue weighted by Gasteiger charge is 2.21. The van der Waals surface area contributed by atoms with Gasteiger partial charge in [0.15, 0.2) is 0 Å². The van der Waals surface area contributed by atoms with E-state index < -0.39 is 5.60 Å². The Morgan fingerprint density at radius 3 is 2.55 bits per heavy atom. The minimum absolute atomic E-state index is 0.674. The fourth-order valence-corrected chi connectivity index (χ4v) is 2.84. The van der Waals surface area contributed by atoms with Gasteiger partial charge in [-0.3, -0.25) is 0 Å². The van der Waals surface area contributed by atoms with Gasteiger partial charge in [-0.05, 0) is 31.0 Å². The van der Waals surface area contributed by atoms with Crippen LogP contribution in [0, 0.1) is 11.8 Å². The van der Waals surface area contributed by atoms with Gasteiger partial charge in [0.1, 0.15) is 5.60 Å². The highest BCUT2D eigenvalue weighted by atomic mass is 32.2. The largest absolute Gasteiger partial charge is 0.378 e. The molecule has 0 aromatic heterocycles. The smallest absolute Gasteiger partial charge is 0.125 e. The molecule has 0 aliphatic rings. The van der Waals surface area contributed by atoms with Crippen molar-refractivity contribution in [2.24, 2.45) is 5.73 Å². The van der Waals surface area contributed by atoms with Crippen molar-refractivity contribution in [3.05, 3.63) is 29.8 Å². The second-order valence-corrected chi connectivity index (χ2v) is 6.11. The van der Waals surface area contributed by atoms with Crippen molar-refractivity contribution >= 4 is 11.8 Å². The van der Waals surface area contributed by atoms with Gasteiger partial charge >= 0.3 is 0 Å². The summed E-state index contributed by atoms with van der Waals surface area (Å²) in [7, 11) is 0. The van der Waals surface area contributed by atoms with Gasteiger partial charge in [-0.25, -0.2) is 0 Å². The molecule has 0 bridgehead atoms. The summed E-state index contributed by atoms with van der Waals surface area (Å²) in [4.78, 5) is 1.18. The Morgan fingerprint density at radius 1 is 1.25 bits per heavy atom. The monoisotopic (exact) mass is 291 g/mol. The molecule has 1 aromatic rings. The first-order chi connectivity index (χ1) is 9.63. The molecule has 0 heterocycles. The maximum atomic E-state index is 10.5. The number of hydrogen-bond acceptors (Lipinski definition) is 3. The van der Waals surface area contributed by atoms with Crippen molar-refractivity contribution in [3.8, 4) is 11.8 Å². The molecule has 20 heavy (non-hydrogen) atoms. The van der Waals surface area contributed by atoms with Crippen LogP contribution in [0.5, 0.6) is 0 Å². The van der Waals surface area contributed by atoms with Crippen LogP contribution in [0.15, 0.2) is 29.2 Å². The molecule has 110 valence electrons. The molecule has 0 spiro atoms. The fourth-order valence-electron chi connectivity index (χ4n) is 2.11. The molecular formula is C17H25NOS. The van der Waals surface area contributed by atoms with Crippen LogP contribution in [0.4, 0.5) is 0 Å². The Balaban J connectivity index is 2.83. The number of aliphatic hydroxyl groups is 1. The van der Waals surface area contributed by atoms with E-state index in [1.54, 1.807) is 11.8 Å². The van der Waals surface area contributed by atoms with Crippen LogP contribution in [-0.2, 0) is 0 Å². The highest BCUT2D eigenvalue weighted by molar-refractivity contribution is 7.99. The molecule has 0 amide bonds. The van der Waals surface area contributed by atoms with E-state index in [0.29, 0.717) is 6.54 Å². The first-order valence-electron chi connectivity index (χ1n) is 7.32. The lowest BCUT2D eigenvalue weighted by atomic mass is 9.93. The topological polar surface area (TPSA) is 46.2 Å². The summed E-state index contributed by atoms with van der Waals surface area (Å²) in [5, 5.41) is 10.5. The predicted octanol–water partition coefficient (Wildman–Crippen LogP) is 3.42. The summed E-state index contributed by atoms with van der Waals surface area (Å²) in [5.41, 5.74) is 5.63. The van der Waals surface area contributed by atoms with Crippen molar-refractivity contribution in [3.63, 3.8) is 0 Å². The maximum absolute atomic E-state index is 10.5. The Bertz CT molecular complexity index is 456. The Labute approximate surface area is 127 Å². The van der Waals surface area contributed by atoms with E-state index >= 15 is 0 Å². The molecule has 3 heteroatoms. The van der Waals surface area contributed by atoms with E-state index in [1.165, 1.54) is 4.90 Å².